The van der Waals surface area contributed by atoms with Gasteiger partial charge in [0, 0.05) is 29.8 Å². The number of furan rings is 1. The van der Waals surface area contributed by atoms with E-state index in [0.29, 0.717) is 0 Å². The van der Waals surface area contributed by atoms with Crippen LogP contribution in [-0.4, -0.2) is 18.4 Å². The maximum Gasteiger partial charge on any atom is 0.140 e. The Labute approximate surface area is 117 Å². The number of fused-ring (bicyclic) bond motifs is 1. The Morgan fingerprint density at radius 2 is 1.95 bits per heavy atom. The summed E-state index contributed by atoms with van der Waals surface area (Å²) in [7, 11) is 1.73. The first kappa shape index (κ1) is 12.6. The van der Waals surface area contributed by atoms with Crippen molar-refractivity contribution in [3.05, 3.63) is 59.7 Å². The molecule has 0 bridgehead atoms. The highest BCUT2D eigenvalue weighted by molar-refractivity contribution is 5.92. The van der Waals surface area contributed by atoms with E-state index in [2.05, 4.69) is 4.99 Å². The van der Waals surface area contributed by atoms with Gasteiger partial charge in [0.05, 0.1) is 6.61 Å². The van der Waals surface area contributed by atoms with Gasteiger partial charge in [0.25, 0.3) is 0 Å². The minimum absolute atomic E-state index is 0.0519. The SMILES string of the molecule is CN=Cc1cc(CO)c2oc(-c3ccccc3)cc2c1. The van der Waals surface area contributed by atoms with Crippen molar-refractivity contribution in [1.82, 2.24) is 0 Å². The molecular formula is C17H15NO2. The Balaban J connectivity index is 2.19. The summed E-state index contributed by atoms with van der Waals surface area (Å²) in [4.78, 5) is 4.02. The molecule has 0 atom stereocenters. The minimum Gasteiger partial charge on any atom is -0.456 e. The van der Waals surface area contributed by atoms with Gasteiger partial charge in [-0.25, -0.2) is 0 Å². The average Bonchev–Trinajstić information content (AvgIpc) is 2.91. The van der Waals surface area contributed by atoms with Crippen molar-refractivity contribution < 1.29 is 9.52 Å². The summed E-state index contributed by atoms with van der Waals surface area (Å²) in [6.07, 6.45) is 1.77. The second-order valence-electron chi connectivity index (χ2n) is 4.62. The molecule has 0 spiro atoms. The first-order valence-electron chi connectivity index (χ1n) is 6.46. The van der Waals surface area contributed by atoms with Crippen LogP contribution in [0.1, 0.15) is 11.1 Å². The van der Waals surface area contributed by atoms with Crippen LogP contribution in [0.15, 0.2) is 57.9 Å². The molecule has 3 rings (SSSR count). The number of nitrogens with zero attached hydrogens (tertiary/aromatic N) is 1. The number of aliphatic imine (C=N–C) groups is 1. The topological polar surface area (TPSA) is 45.7 Å². The molecule has 100 valence electrons. The second kappa shape index (κ2) is 5.31. The fourth-order valence-corrected chi connectivity index (χ4v) is 2.34. The molecule has 2 aromatic carbocycles. The third-order valence-electron chi connectivity index (χ3n) is 3.22. The van der Waals surface area contributed by atoms with Crippen molar-refractivity contribution in [3.63, 3.8) is 0 Å². The van der Waals surface area contributed by atoms with Crippen LogP contribution >= 0.6 is 0 Å². The van der Waals surface area contributed by atoms with Crippen molar-refractivity contribution in [2.24, 2.45) is 4.99 Å². The van der Waals surface area contributed by atoms with Crippen molar-refractivity contribution in [1.29, 1.82) is 0 Å². The zero-order chi connectivity index (χ0) is 13.9. The largest absolute Gasteiger partial charge is 0.456 e. The van der Waals surface area contributed by atoms with Crippen LogP contribution in [0.4, 0.5) is 0 Å². The van der Waals surface area contributed by atoms with Crippen LogP contribution in [0, 0.1) is 0 Å². The van der Waals surface area contributed by atoms with Gasteiger partial charge < -0.3 is 9.52 Å². The van der Waals surface area contributed by atoms with Crippen molar-refractivity contribution in [2.75, 3.05) is 7.05 Å². The average molecular weight is 265 g/mol. The van der Waals surface area contributed by atoms with Crippen molar-refractivity contribution >= 4 is 17.2 Å². The lowest BCUT2D eigenvalue weighted by Gasteiger charge is -2.00. The number of hydrogen-bond donors (Lipinski definition) is 1. The molecule has 1 aromatic heterocycles. The van der Waals surface area contributed by atoms with Gasteiger partial charge in [0.2, 0.25) is 0 Å². The fraction of sp³-hybridized carbons (Fsp3) is 0.118. The number of aliphatic hydroxyl groups is 1. The van der Waals surface area contributed by atoms with Gasteiger partial charge in [-0.05, 0) is 23.8 Å². The van der Waals surface area contributed by atoms with Crippen LogP contribution in [0.3, 0.4) is 0 Å². The Bertz CT molecular complexity index is 757. The number of aliphatic hydroxyl groups excluding tert-OH is 1. The summed E-state index contributed by atoms with van der Waals surface area (Å²) < 4.78 is 5.90. The van der Waals surface area contributed by atoms with Crippen LogP contribution in [0.25, 0.3) is 22.3 Å². The van der Waals surface area contributed by atoms with E-state index in [0.717, 1.165) is 33.4 Å². The van der Waals surface area contributed by atoms with E-state index in [9.17, 15) is 5.11 Å². The van der Waals surface area contributed by atoms with E-state index in [1.165, 1.54) is 0 Å². The van der Waals surface area contributed by atoms with E-state index < -0.39 is 0 Å². The molecule has 3 aromatic rings. The molecular weight excluding hydrogens is 250 g/mol. The van der Waals surface area contributed by atoms with Crippen LogP contribution in [-0.2, 0) is 6.61 Å². The molecule has 0 aliphatic rings. The lowest BCUT2D eigenvalue weighted by Crippen LogP contribution is -1.88. The lowest BCUT2D eigenvalue weighted by molar-refractivity contribution is 0.282. The van der Waals surface area contributed by atoms with E-state index in [1.807, 2.05) is 48.5 Å². The summed E-state index contributed by atoms with van der Waals surface area (Å²) in [6, 6.07) is 15.8. The number of hydrogen-bond acceptors (Lipinski definition) is 3. The third-order valence-corrected chi connectivity index (χ3v) is 3.22. The minimum atomic E-state index is -0.0519. The Morgan fingerprint density at radius 3 is 2.65 bits per heavy atom. The molecule has 1 N–H and O–H groups in total. The molecule has 20 heavy (non-hydrogen) atoms. The summed E-state index contributed by atoms with van der Waals surface area (Å²) in [5, 5.41) is 10.5. The Hall–Kier alpha value is -2.39. The third kappa shape index (κ3) is 2.24. The van der Waals surface area contributed by atoms with Gasteiger partial charge in [-0.2, -0.15) is 0 Å². The van der Waals surface area contributed by atoms with Gasteiger partial charge in [0.1, 0.15) is 11.3 Å². The highest BCUT2D eigenvalue weighted by Gasteiger charge is 2.10. The molecule has 0 aliphatic carbocycles. The second-order valence-corrected chi connectivity index (χ2v) is 4.62. The molecule has 0 saturated carbocycles. The predicted molar refractivity (Wildman–Crippen MR) is 81.1 cm³/mol. The van der Waals surface area contributed by atoms with Gasteiger partial charge in [-0.3, -0.25) is 4.99 Å². The van der Waals surface area contributed by atoms with E-state index in [4.69, 9.17) is 4.42 Å². The molecule has 0 amide bonds. The number of rotatable bonds is 3. The summed E-state index contributed by atoms with van der Waals surface area (Å²) in [5.41, 5.74) is 3.50. The van der Waals surface area contributed by atoms with E-state index in [1.54, 1.807) is 13.3 Å². The Kier molecular flexibility index (Phi) is 3.35. The van der Waals surface area contributed by atoms with E-state index in [-0.39, 0.29) is 6.61 Å². The Morgan fingerprint density at radius 1 is 1.15 bits per heavy atom. The smallest absolute Gasteiger partial charge is 0.140 e. The highest BCUT2D eigenvalue weighted by atomic mass is 16.3. The molecule has 1 heterocycles. The quantitative estimate of drug-likeness (QED) is 0.735. The molecule has 0 unspecified atom stereocenters. The predicted octanol–water partition coefficient (Wildman–Crippen LogP) is 3.64. The highest BCUT2D eigenvalue weighted by Crippen LogP contribution is 2.30. The molecule has 0 radical (unpaired) electrons. The number of benzene rings is 2. The summed E-state index contributed by atoms with van der Waals surface area (Å²) >= 11 is 0. The molecule has 0 saturated heterocycles. The molecule has 3 nitrogen and oxygen atoms in total. The first-order chi connectivity index (χ1) is 9.81. The van der Waals surface area contributed by atoms with Gasteiger partial charge in [-0.15, -0.1) is 0 Å². The maximum absolute atomic E-state index is 9.50. The first-order valence-corrected chi connectivity index (χ1v) is 6.46. The van der Waals surface area contributed by atoms with Gasteiger partial charge >= 0.3 is 0 Å². The van der Waals surface area contributed by atoms with E-state index >= 15 is 0 Å². The van der Waals surface area contributed by atoms with Crippen molar-refractivity contribution in [3.8, 4) is 11.3 Å². The fourth-order valence-electron chi connectivity index (χ4n) is 2.34. The molecule has 0 fully saturated rings. The summed E-state index contributed by atoms with van der Waals surface area (Å²) in [5.74, 6) is 0.806. The van der Waals surface area contributed by atoms with Crippen LogP contribution in [0.2, 0.25) is 0 Å². The van der Waals surface area contributed by atoms with Crippen molar-refractivity contribution in [2.45, 2.75) is 6.61 Å². The molecule has 0 aliphatic heterocycles. The normalized spacial score (nSPS) is 11.5. The van der Waals surface area contributed by atoms with Crippen LogP contribution in [0.5, 0.6) is 0 Å². The standard InChI is InChI=1S/C17H15NO2/c1-18-10-12-7-14-9-16(13-5-3-2-4-6-13)20-17(14)15(8-12)11-19/h2-10,19H,11H2,1H3. The zero-order valence-corrected chi connectivity index (χ0v) is 11.2. The van der Waals surface area contributed by atoms with Crippen LogP contribution < -0.4 is 0 Å². The monoisotopic (exact) mass is 265 g/mol. The lowest BCUT2D eigenvalue weighted by atomic mass is 10.1. The molecule has 3 heteroatoms. The zero-order valence-electron chi connectivity index (χ0n) is 11.2. The summed E-state index contributed by atoms with van der Waals surface area (Å²) in [6.45, 7) is -0.0519. The maximum atomic E-state index is 9.50. The van der Waals surface area contributed by atoms with Gasteiger partial charge in [0.15, 0.2) is 0 Å². The van der Waals surface area contributed by atoms with Gasteiger partial charge in [-0.1, -0.05) is 30.3 Å².